The smallest absolute Gasteiger partial charge is 0.132 e. The predicted molar refractivity (Wildman–Crippen MR) is 59.8 cm³/mol. The summed E-state index contributed by atoms with van der Waals surface area (Å²) in [6.07, 6.45) is 3.66. The highest BCUT2D eigenvalue weighted by atomic mass is 79.9. The molecule has 1 heterocycles. The van der Waals surface area contributed by atoms with E-state index in [1.807, 2.05) is 0 Å². The minimum absolute atomic E-state index is 0.779. The second-order valence-electron chi connectivity index (χ2n) is 3.64. The molecule has 1 nitrogen and oxygen atoms in total. The molecule has 0 aliphatic carbocycles. The largest absolute Gasteiger partial charge is 0.488 e. The van der Waals surface area contributed by atoms with Crippen LogP contribution in [0, 0.1) is 0 Å². The number of halogens is 1. The molecular formula is C11H17BrO. The van der Waals surface area contributed by atoms with Crippen LogP contribution in [-0.2, 0) is 4.74 Å². The minimum atomic E-state index is 0.779. The van der Waals surface area contributed by atoms with Crippen molar-refractivity contribution in [3.05, 3.63) is 21.4 Å². The quantitative estimate of drug-likeness (QED) is 0.725. The average Bonchev–Trinajstić information content (AvgIpc) is 2.43. The van der Waals surface area contributed by atoms with Crippen LogP contribution in [0.5, 0.6) is 0 Å². The topological polar surface area (TPSA) is 9.23 Å². The van der Waals surface area contributed by atoms with Crippen LogP contribution in [0.1, 0.15) is 40.0 Å². The molecule has 0 unspecified atom stereocenters. The highest BCUT2D eigenvalue weighted by Gasteiger charge is 2.19. The summed E-state index contributed by atoms with van der Waals surface area (Å²) in [6.45, 7) is 7.16. The molecule has 0 atom stereocenters. The molecule has 13 heavy (non-hydrogen) atoms. The number of allylic oxidation sites excluding steroid dienone is 2. The number of ether oxygens (including phenoxy) is 1. The molecule has 0 N–H and O–H groups in total. The van der Waals surface area contributed by atoms with Gasteiger partial charge in [0.2, 0.25) is 0 Å². The lowest BCUT2D eigenvalue weighted by Crippen LogP contribution is -1.87. The first-order valence-electron chi connectivity index (χ1n) is 4.85. The Balaban J connectivity index is 2.71. The maximum atomic E-state index is 5.59. The molecule has 0 fully saturated rings. The molecule has 1 rings (SSSR count). The lowest BCUT2D eigenvalue weighted by molar-refractivity contribution is 0.266. The molecule has 0 amide bonds. The molecule has 0 aromatic carbocycles. The van der Waals surface area contributed by atoms with Gasteiger partial charge in [-0.3, -0.25) is 0 Å². The summed E-state index contributed by atoms with van der Waals surface area (Å²) in [5.74, 6) is 1.05. The molecule has 0 aromatic rings. The molecule has 0 radical (unpaired) electrons. The fourth-order valence-electron chi connectivity index (χ4n) is 1.38. The highest BCUT2D eigenvalue weighted by Crippen LogP contribution is 2.34. The Morgan fingerprint density at radius 1 is 1.46 bits per heavy atom. The van der Waals surface area contributed by atoms with Crippen LogP contribution < -0.4 is 0 Å². The van der Waals surface area contributed by atoms with E-state index in [0.29, 0.717) is 0 Å². The van der Waals surface area contributed by atoms with E-state index < -0.39 is 0 Å². The van der Waals surface area contributed by atoms with Gasteiger partial charge in [0.15, 0.2) is 0 Å². The Kier molecular flexibility index (Phi) is 4.04. The van der Waals surface area contributed by atoms with Crippen molar-refractivity contribution in [2.75, 3.05) is 6.61 Å². The lowest BCUT2D eigenvalue weighted by Gasteiger charge is -2.00. The molecule has 0 saturated heterocycles. The Hall–Kier alpha value is -0.240. The van der Waals surface area contributed by atoms with Crippen molar-refractivity contribution in [1.29, 1.82) is 0 Å². The van der Waals surface area contributed by atoms with Gasteiger partial charge in [0.05, 0.1) is 4.48 Å². The fourth-order valence-corrected chi connectivity index (χ4v) is 2.21. The number of hydrogen-bond donors (Lipinski definition) is 0. The summed E-state index contributed by atoms with van der Waals surface area (Å²) in [6, 6.07) is 0. The van der Waals surface area contributed by atoms with Crippen LogP contribution in [0.3, 0.4) is 0 Å². The van der Waals surface area contributed by atoms with Crippen molar-refractivity contribution in [3.8, 4) is 0 Å². The molecule has 0 saturated carbocycles. The maximum Gasteiger partial charge on any atom is 0.132 e. The second-order valence-corrected chi connectivity index (χ2v) is 4.43. The third-order valence-corrected chi connectivity index (χ3v) is 3.11. The van der Waals surface area contributed by atoms with Crippen molar-refractivity contribution in [2.45, 2.75) is 40.0 Å². The SMILES string of the molecule is CCCCC1=C(Br)C(=C(C)C)OC1. The van der Waals surface area contributed by atoms with E-state index in [0.717, 1.165) is 18.8 Å². The fraction of sp³-hybridized carbons (Fsp3) is 0.636. The third-order valence-electron chi connectivity index (χ3n) is 2.19. The van der Waals surface area contributed by atoms with Crippen LogP contribution >= 0.6 is 15.9 Å². The second kappa shape index (κ2) is 4.85. The monoisotopic (exact) mass is 244 g/mol. The van der Waals surface area contributed by atoms with Gasteiger partial charge in [0.1, 0.15) is 12.4 Å². The summed E-state index contributed by atoms with van der Waals surface area (Å²) >= 11 is 3.60. The molecule has 1 aliphatic rings. The van der Waals surface area contributed by atoms with E-state index in [1.54, 1.807) is 0 Å². The van der Waals surface area contributed by atoms with E-state index in [4.69, 9.17) is 4.74 Å². The van der Waals surface area contributed by atoms with Gasteiger partial charge in [-0.25, -0.2) is 0 Å². The number of hydrogen-bond acceptors (Lipinski definition) is 1. The van der Waals surface area contributed by atoms with E-state index in [-0.39, 0.29) is 0 Å². The third kappa shape index (κ3) is 2.60. The molecular weight excluding hydrogens is 228 g/mol. The first-order chi connectivity index (χ1) is 6.16. The van der Waals surface area contributed by atoms with E-state index in [2.05, 4.69) is 36.7 Å². The van der Waals surface area contributed by atoms with Crippen LogP contribution in [-0.4, -0.2) is 6.61 Å². The summed E-state index contributed by atoms with van der Waals surface area (Å²) < 4.78 is 6.79. The van der Waals surface area contributed by atoms with E-state index in [1.165, 1.54) is 28.5 Å². The Labute approximate surface area is 89.0 Å². The van der Waals surface area contributed by atoms with Gasteiger partial charge in [-0.05, 0) is 53.8 Å². The molecule has 1 aliphatic heterocycles. The van der Waals surface area contributed by atoms with Crippen molar-refractivity contribution < 1.29 is 4.74 Å². The maximum absolute atomic E-state index is 5.59. The van der Waals surface area contributed by atoms with Gasteiger partial charge in [-0.15, -0.1) is 0 Å². The van der Waals surface area contributed by atoms with Crippen LogP contribution in [0.4, 0.5) is 0 Å². The first kappa shape index (κ1) is 10.8. The Bertz CT molecular complexity index is 247. The Morgan fingerprint density at radius 3 is 2.62 bits per heavy atom. The van der Waals surface area contributed by atoms with E-state index >= 15 is 0 Å². The van der Waals surface area contributed by atoms with Gasteiger partial charge >= 0.3 is 0 Å². The minimum Gasteiger partial charge on any atom is -0.488 e. The van der Waals surface area contributed by atoms with Crippen LogP contribution in [0.25, 0.3) is 0 Å². The van der Waals surface area contributed by atoms with Crippen molar-refractivity contribution in [3.63, 3.8) is 0 Å². The van der Waals surface area contributed by atoms with Gasteiger partial charge < -0.3 is 4.74 Å². The van der Waals surface area contributed by atoms with Gasteiger partial charge in [-0.1, -0.05) is 13.3 Å². The highest BCUT2D eigenvalue weighted by molar-refractivity contribution is 9.12. The van der Waals surface area contributed by atoms with Crippen molar-refractivity contribution in [1.82, 2.24) is 0 Å². The lowest BCUT2D eigenvalue weighted by atomic mass is 10.1. The normalized spacial score (nSPS) is 16.5. The summed E-state index contributed by atoms with van der Waals surface area (Å²) in [4.78, 5) is 0. The standard InChI is InChI=1S/C11H17BrO/c1-4-5-6-9-7-13-11(8(2)3)10(9)12/h4-7H2,1-3H3. The first-order valence-corrected chi connectivity index (χ1v) is 5.64. The zero-order valence-corrected chi connectivity index (χ0v) is 10.2. The molecule has 0 spiro atoms. The molecule has 74 valence electrons. The van der Waals surface area contributed by atoms with Gasteiger partial charge in [-0.2, -0.15) is 0 Å². The van der Waals surface area contributed by atoms with Crippen molar-refractivity contribution >= 4 is 15.9 Å². The number of unbranched alkanes of at least 4 members (excludes halogenated alkanes) is 1. The summed E-state index contributed by atoms with van der Waals surface area (Å²) in [5, 5.41) is 0. The number of rotatable bonds is 3. The van der Waals surface area contributed by atoms with Crippen LogP contribution in [0.15, 0.2) is 21.4 Å². The zero-order chi connectivity index (χ0) is 9.84. The predicted octanol–water partition coefficient (Wildman–Crippen LogP) is 4.15. The molecule has 2 heteroatoms. The van der Waals surface area contributed by atoms with Crippen molar-refractivity contribution in [2.24, 2.45) is 0 Å². The molecule has 0 bridgehead atoms. The van der Waals surface area contributed by atoms with Gasteiger partial charge in [0.25, 0.3) is 0 Å². The van der Waals surface area contributed by atoms with Gasteiger partial charge in [0, 0.05) is 0 Å². The van der Waals surface area contributed by atoms with E-state index in [9.17, 15) is 0 Å². The average molecular weight is 245 g/mol. The molecule has 0 aromatic heterocycles. The summed E-state index contributed by atoms with van der Waals surface area (Å²) in [7, 11) is 0. The zero-order valence-electron chi connectivity index (χ0n) is 8.61. The van der Waals surface area contributed by atoms with Crippen LogP contribution in [0.2, 0.25) is 0 Å². The Morgan fingerprint density at radius 2 is 2.15 bits per heavy atom. The summed E-state index contributed by atoms with van der Waals surface area (Å²) in [5.41, 5.74) is 2.66.